The summed E-state index contributed by atoms with van der Waals surface area (Å²) in [6, 6.07) is 1.53. The van der Waals surface area contributed by atoms with Crippen LogP contribution in [-0.2, 0) is 0 Å². The molecule has 0 atom stereocenters. The lowest BCUT2D eigenvalue weighted by Gasteiger charge is -2.08. The monoisotopic (exact) mass is 284 g/mol. The molecule has 7 nitrogen and oxygen atoms in total. The number of nitrogens with zero attached hydrogens (tertiary/aromatic N) is 5. The molecule has 0 bridgehead atoms. The molecule has 2 rings (SSSR count). The van der Waals surface area contributed by atoms with E-state index in [2.05, 4.69) is 25.4 Å². The number of halogens is 2. The van der Waals surface area contributed by atoms with Gasteiger partial charge in [0.05, 0.1) is 0 Å². The maximum absolute atomic E-state index is 12.2. The zero-order valence-electron chi connectivity index (χ0n) is 10.8. The van der Waals surface area contributed by atoms with Gasteiger partial charge in [0.25, 0.3) is 12.4 Å². The van der Waals surface area contributed by atoms with Crippen LogP contribution in [0.25, 0.3) is 5.95 Å². The molecular formula is C11H14F2N6O. The second-order valence-corrected chi connectivity index (χ2v) is 3.82. The van der Waals surface area contributed by atoms with E-state index in [9.17, 15) is 8.78 Å². The quantitative estimate of drug-likeness (QED) is 0.830. The van der Waals surface area contributed by atoms with E-state index in [0.29, 0.717) is 6.54 Å². The first-order valence-corrected chi connectivity index (χ1v) is 6.10. The van der Waals surface area contributed by atoms with E-state index < -0.39 is 13.0 Å². The molecule has 0 aliphatic rings. The van der Waals surface area contributed by atoms with Crippen molar-refractivity contribution in [2.75, 3.05) is 18.5 Å². The van der Waals surface area contributed by atoms with Crippen molar-refractivity contribution in [1.29, 1.82) is 0 Å². The number of ether oxygens (including phenoxy) is 1. The Kier molecular flexibility index (Phi) is 4.75. The van der Waals surface area contributed by atoms with E-state index in [1.165, 1.54) is 4.68 Å². The second-order valence-electron chi connectivity index (χ2n) is 3.82. The third-order valence-corrected chi connectivity index (χ3v) is 2.18. The first-order valence-electron chi connectivity index (χ1n) is 6.10. The highest BCUT2D eigenvalue weighted by Gasteiger charge is 2.11. The van der Waals surface area contributed by atoms with Crippen LogP contribution < -0.4 is 10.1 Å². The van der Waals surface area contributed by atoms with Crippen LogP contribution in [0.4, 0.5) is 14.7 Å². The largest absolute Gasteiger partial charge is 0.457 e. The molecule has 0 spiro atoms. The topological polar surface area (TPSA) is 77.8 Å². The van der Waals surface area contributed by atoms with Gasteiger partial charge in [-0.3, -0.25) is 0 Å². The van der Waals surface area contributed by atoms with Crippen LogP contribution in [0.5, 0.6) is 6.01 Å². The van der Waals surface area contributed by atoms with Crippen molar-refractivity contribution in [3.8, 4) is 12.0 Å². The van der Waals surface area contributed by atoms with Crippen molar-refractivity contribution >= 4 is 5.95 Å². The summed E-state index contributed by atoms with van der Waals surface area (Å²) >= 11 is 0. The number of alkyl halides is 2. The molecular weight excluding hydrogens is 270 g/mol. The van der Waals surface area contributed by atoms with Gasteiger partial charge in [-0.05, 0) is 12.5 Å². The summed E-state index contributed by atoms with van der Waals surface area (Å²) < 4.78 is 30.6. The Morgan fingerprint density at radius 3 is 2.85 bits per heavy atom. The molecule has 1 N–H and O–H groups in total. The van der Waals surface area contributed by atoms with E-state index in [4.69, 9.17) is 4.74 Å². The fourth-order valence-electron chi connectivity index (χ4n) is 1.35. The number of hydrogen-bond acceptors (Lipinski definition) is 6. The first kappa shape index (κ1) is 14.1. The molecule has 108 valence electrons. The zero-order valence-corrected chi connectivity index (χ0v) is 10.8. The SMILES string of the molecule is CCCNc1nc(OCC(F)F)nc(-n2cccn2)n1. The smallest absolute Gasteiger partial charge is 0.323 e. The van der Waals surface area contributed by atoms with Crippen LogP contribution in [0.1, 0.15) is 13.3 Å². The predicted octanol–water partition coefficient (Wildman–Crippen LogP) is 1.52. The number of nitrogens with one attached hydrogen (secondary N) is 1. The maximum Gasteiger partial charge on any atom is 0.323 e. The van der Waals surface area contributed by atoms with Crippen LogP contribution in [0.3, 0.4) is 0 Å². The van der Waals surface area contributed by atoms with Gasteiger partial charge in [0, 0.05) is 18.9 Å². The van der Waals surface area contributed by atoms with Gasteiger partial charge < -0.3 is 10.1 Å². The molecule has 0 radical (unpaired) electrons. The van der Waals surface area contributed by atoms with Crippen molar-refractivity contribution < 1.29 is 13.5 Å². The van der Waals surface area contributed by atoms with Crippen LogP contribution in [-0.4, -0.2) is 44.3 Å². The van der Waals surface area contributed by atoms with Gasteiger partial charge in [-0.15, -0.1) is 0 Å². The minimum atomic E-state index is -2.59. The Bertz CT molecular complexity index is 534. The van der Waals surface area contributed by atoms with Crippen molar-refractivity contribution in [3.05, 3.63) is 18.5 Å². The number of aromatic nitrogens is 5. The molecule has 2 heterocycles. The van der Waals surface area contributed by atoms with Gasteiger partial charge >= 0.3 is 6.01 Å². The van der Waals surface area contributed by atoms with Gasteiger partial charge in [-0.2, -0.15) is 20.1 Å². The first-order chi connectivity index (χ1) is 9.69. The lowest BCUT2D eigenvalue weighted by Crippen LogP contribution is -2.14. The summed E-state index contributed by atoms with van der Waals surface area (Å²) in [6.45, 7) is 1.86. The van der Waals surface area contributed by atoms with Gasteiger partial charge in [-0.1, -0.05) is 6.92 Å². The van der Waals surface area contributed by atoms with Crippen LogP contribution in [0.15, 0.2) is 18.5 Å². The van der Waals surface area contributed by atoms with Crippen LogP contribution >= 0.6 is 0 Å². The highest BCUT2D eigenvalue weighted by atomic mass is 19.3. The van der Waals surface area contributed by atoms with Gasteiger partial charge in [0.2, 0.25) is 5.95 Å². The molecule has 0 saturated carbocycles. The molecule has 0 saturated heterocycles. The van der Waals surface area contributed by atoms with Crippen molar-refractivity contribution in [2.24, 2.45) is 0 Å². The Morgan fingerprint density at radius 1 is 1.35 bits per heavy atom. The van der Waals surface area contributed by atoms with Gasteiger partial charge in [-0.25, -0.2) is 13.5 Å². The van der Waals surface area contributed by atoms with Crippen molar-refractivity contribution in [1.82, 2.24) is 24.7 Å². The number of rotatable bonds is 7. The predicted molar refractivity (Wildman–Crippen MR) is 67.2 cm³/mol. The normalized spacial score (nSPS) is 10.8. The van der Waals surface area contributed by atoms with E-state index in [0.717, 1.165) is 6.42 Å². The summed E-state index contributed by atoms with van der Waals surface area (Å²) in [7, 11) is 0. The summed E-state index contributed by atoms with van der Waals surface area (Å²) in [5.41, 5.74) is 0. The number of hydrogen-bond donors (Lipinski definition) is 1. The average molecular weight is 284 g/mol. The highest BCUT2D eigenvalue weighted by molar-refractivity contribution is 5.29. The highest BCUT2D eigenvalue weighted by Crippen LogP contribution is 2.11. The van der Waals surface area contributed by atoms with E-state index in [-0.39, 0.29) is 17.9 Å². The van der Waals surface area contributed by atoms with E-state index in [1.54, 1.807) is 18.5 Å². The third kappa shape index (κ3) is 3.84. The zero-order chi connectivity index (χ0) is 14.4. The minimum Gasteiger partial charge on any atom is -0.457 e. The van der Waals surface area contributed by atoms with Crippen LogP contribution in [0.2, 0.25) is 0 Å². The Balaban J connectivity index is 2.24. The standard InChI is InChI=1S/C11H14F2N6O/c1-2-4-14-9-16-10(19-6-3-5-15-19)18-11(17-9)20-7-8(12)13/h3,5-6,8H,2,4,7H2,1H3,(H,14,16,17,18). The summed E-state index contributed by atoms with van der Waals surface area (Å²) in [6.07, 6.45) is 1.47. The molecule has 2 aromatic heterocycles. The molecule has 0 aliphatic heterocycles. The molecule has 9 heteroatoms. The third-order valence-electron chi connectivity index (χ3n) is 2.18. The minimum absolute atomic E-state index is 0.163. The van der Waals surface area contributed by atoms with Crippen LogP contribution in [0, 0.1) is 0 Å². The Morgan fingerprint density at radius 2 is 2.20 bits per heavy atom. The molecule has 0 fully saturated rings. The second kappa shape index (κ2) is 6.73. The fraction of sp³-hybridized carbons (Fsp3) is 0.455. The lowest BCUT2D eigenvalue weighted by molar-refractivity contribution is 0.0769. The fourth-order valence-corrected chi connectivity index (χ4v) is 1.35. The summed E-state index contributed by atoms with van der Waals surface area (Å²) in [5.74, 6) is 0.462. The van der Waals surface area contributed by atoms with Gasteiger partial charge in [0.15, 0.2) is 6.61 Å². The molecule has 0 unspecified atom stereocenters. The Labute approximate surface area is 114 Å². The Hall–Kier alpha value is -2.32. The lowest BCUT2D eigenvalue weighted by atomic mass is 10.5. The molecule has 2 aromatic rings. The molecule has 20 heavy (non-hydrogen) atoms. The summed E-state index contributed by atoms with van der Waals surface area (Å²) in [5, 5.41) is 6.93. The van der Waals surface area contributed by atoms with E-state index >= 15 is 0 Å². The molecule has 0 aromatic carbocycles. The van der Waals surface area contributed by atoms with Crippen molar-refractivity contribution in [3.63, 3.8) is 0 Å². The maximum atomic E-state index is 12.2. The van der Waals surface area contributed by atoms with Gasteiger partial charge in [0.1, 0.15) is 0 Å². The average Bonchev–Trinajstić information content (AvgIpc) is 2.97. The van der Waals surface area contributed by atoms with E-state index in [1.807, 2.05) is 6.92 Å². The van der Waals surface area contributed by atoms with Crippen molar-refractivity contribution in [2.45, 2.75) is 19.8 Å². The number of anilines is 1. The molecule has 0 amide bonds. The molecule has 0 aliphatic carbocycles. The summed E-state index contributed by atoms with van der Waals surface area (Å²) in [4.78, 5) is 12.0.